The maximum Gasteiger partial charge on any atom is 0.125 e. The van der Waals surface area contributed by atoms with Gasteiger partial charge < -0.3 is 0 Å². The molecule has 0 unspecified atom stereocenters. The summed E-state index contributed by atoms with van der Waals surface area (Å²) >= 11 is 1.88. The number of benzene rings is 1. The Morgan fingerprint density at radius 1 is 1.33 bits per heavy atom. The average Bonchev–Trinajstić information content (AvgIpc) is 2.77. The first-order valence-electron chi connectivity index (χ1n) is 6.03. The Bertz CT molecular complexity index is 508. The van der Waals surface area contributed by atoms with Gasteiger partial charge in [-0.15, -0.1) is 0 Å². The Morgan fingerprint density at radius 3 is 2.89 bits per heavy atom. The second-order valence-electron chi connectivity index (χ2n) is 4.64. The summed E-state index contributed by atoms with van der Waals surface area (Å²) in [5.74, 6) is 2.49. The Labute approximate surface area is 111 Å². The van der Waals surface area contributed by atoms with Crippen LogP contribution < -0.4 is 0 Å². The monoisotopic (exact) mass is 264 g/mol. The van der Waals surface area contributed by atoms with Crippen molar-refractivity contribution < 1.29 is 4.39 Å². The van der Waals surface area contributed by atoms with Crippen molar-refractivity contribution in [2.24, 2.45) is 5.92 Å². The van der Waals surface area contributed by atoms with E-state index in [0.29, 0.717) is 5.92 Å². The van der Waals surface area contributed by atoms with Gasteiger partial charge in [0.05, 0.1) is 11.4 Å². The minimum atomic E-state index is -0.237. The number of nitrogens with zero attached hydrogens (tertiary/aromatic N) is 2. The third-order valence-corrected chi connectivity index (χ3v) is 3.82. The fourth-order valence-electron chi connectivity index (χ4n) is 1.60. The zero-order chi connectivity index (χ0) is 13.0. The molecule has 0 amide bonds. The standard InChI is InChI=1S/C14H17FN2S/c1-11(2)9-18-10-13-6-7-17(16-13)14-5-3-4-12(15)8-14/h3-8,11H,9-10H2,1-2H3. The number of halogens is 1. The Balaban J connectivity index is 2.02. The molecule has 0 aliphatic rings. The lowest BCUT2D eigenvalue weighted by atomic mass is 10.3. The van der Waals surface area contributed by atoms with E-state index in [1.165, 1.54) is 12.1 Å². The van der Waals surface area contributed by atoms with Gasteiger partial charge in [0.1, 0.15) is 5.82 Å². The molecule has 0 aliphatic carbocycles. The Morgan fingerprint density at radius 2 is 2.17 bits per heavy atom. The van der Waals surface area contributed by atoms with E-state index < -0.39 is 0 Å². The molecule has 2 aromatic rings. The first-order valence-corrected chi connectivity index (χ1v) is 7.19. The highest BCUT2D eigenvalue weighted by Crippen LogP contribution is 2.15. The van der Waals surface area contributed by atoms with Crippen LogP contribution in [-0.4, -0.2) is 15.5 Å². The zero-order valence-corrected chi connectivity index (χ0v) is 11.5. The van der Waals surface area contributed by atoms with Crippen LogP contribution in [0.3, 0.4) is 0 Å². The minimum absolute atomic E-state index is 0.237. The van der Waals surface area contributed by atoms with Crippen molar-refractivity contribution in [1.82, 2.24) is 9.78 Å². The number of hydrogen-bond donors (Lipinski definition) is 0. The molecule has 0 bridgehead atoms. The third kappa shape index (κ3) is 3.60. The van der Waals surface area contributed by atoms with Gasteiger partial charge in [-0.3, -0.25) is 0 Å². The molecule has 1 heterocycles. The van der Waals surface area contributed by atoms with E-state index >= 15 is 0 Å². The van der Waals surface area contributed by atoms with Gasteiger partial charge in [0.15, 0.2) is 0 Å². The van der Waals surface area contributed by atoms with Gasteiger partial charge in [-0.2, -0.15) is 16.9 Å². The predicted molar refractivity (Wildman–Crippen MR) is 74.5 cm³/mol. The normalized spacial score (nSPS) is 11.1. The van der Waals surface area contributed by atoms with Gasteiger partial charge in [-0.05, 0) is 35.9 Å². The molecule has 96 valence electrons. The second kappa shape index (κ2) is 6.05. The molecule has 0 radical (unpaired) electrons. The molecule has 0 aliphatic heterocycles. The minimum Gasteiger partial charge on any atom is -0.241 e. The Hall–Kier alpha value is -1.29. The van der Waals surface area contributed by atoms with Crippen molar-refractivity contribution >= 4 is 11.8 Å². The molecule has 2 rings (SSSR count). The summed E-state index contributed by atoms with van der Waals surface area (Å²) in [7, 11) is 0. The molecular weight excluding hydrogens is 247 g/mol. The summed E-state index contributed by atoms with van der Waals surface area (Å²) in [5.41, 5.74) is 1.79. The second-order valence-corrected chi connectivity index (χ2v) is 5.67. The largest absolute Gasteiger partial charge is 0.241 e. The molecule has 0 saturated carbocycles. The lowest BCUT2D eigenvalue weighted by molar-refractivity contribution is 0.625. The number of aromatic nitrogens is 2. The van der Waals surface area contributed by atoms with Gasteiger partial charge in [-0.1, -0.05) is 19.9 Å². The molecule has 4 heteroatoms. The van der Waals surface area contributed by atoms with E-state index in [4.69, 9.17) is 0 Å². The van der Waals surface area contributed by atoms with Crippen molar-refractivity contribution in [3.05, 3.63) is 48.0 Å². The van der Waals surface area contributed by atoms with Crippen LogP contribution in [0.4, 0.5) is 4.39 Å². The highest BCUT2D eigenvalue weighted by Gasteiger charge is 2.03. The lowest BCUT2D eigenvalue weighted by Crippen LogP contribution is -1.97. The molecule has 0 N–H and O–H groups in total. The summed E-state index contributed by atoms with van der Waals surface area (Å²) in [4.78, 5) is 0. The fraction of sp³-hybridized carbons (Fsp3) is 0.357. The molecule has 2 nitrogen and oxygen atoms in total. The summed E-state index contributed by atoms with van der Waals surface area (Å²) in [6.07, 6.45) is 1.88. The van der Waals surface area contributed by atoms with Crippen molar-refractivity contribution in [2.45, 2.75) is 19.6 Å². The van der Waals surface area contributed by atoms with E-state index in [9.17, 15) is 4.39 Å². The van der Waals surface area contributed by atoms with Crippen LogP contribution in [0, 0.1) is 11.7 Å². The van der Waals surface area contributed by atoms with E-state index in [2.05, 4.69) is 18.9 Å². The van der Waals surface area contributed by atoms with Crippen LogP contribution in [0.1, 0.15) is 19.5 Å². The molecule has 18 heavy (non-hydrogen) atoms. The van der Waals surface area contributed by atoms with Gasteiger partial charge in [-0.25, -0.2) is 9.07 Å². The van der Waals surface area contributed by atoms with Crippen molar-refractivity contribution in [3.63, 3.8) is 0 Å². The van der Waals surface area contributed by atoms with Crippen molar-refractivity contribution in [1.29, 1.82) is 0 Å². The van der Waals surface area contributed by atoms with Crippen LogP contribution in [0.2, 0.25) is 0 Å². The molecular formula is C14H17FN2S. The predicted octanol–water partition coefficient (Wildman–Crippen LogP) is 3.90. The van der Waals surface area contributed by atoms with E-state index in [-0.39, 0.29) is 5.82 Å². The summed E-state index contributed by atoms with van der Waals surface area (Å²) < 4.78 is 14.8. The molecule has 1 aromatic carbocycles. The van der Waals surface area contributed by atoms with Crippen molar-refractivity contribution in [2.75, 3.05) is 5.75 Å². The van der Waals surface area contributed by atoms with E-state index in [1.54, 1.807) is 10.7 Å². The molecule has 0 spiro atoms. The number of thioether (sulfide) groups is 1. The van der Waals surface area contributed by atoms with Crippen molar-refractivity contribution in [3.8, 4) is 5.69 Å². The number of rotatable bonds is 5. The first-order chi connectivity index (χ1) is 8.65. The van der Waals surface area contributed by atoms with E-state index in [1.807, 2.05) is 30.1 Å². The highest BCUT2D eigenvalue weighted by atomic mass is 32.2. The molecule has 0 fully saturated rings. The highest BCUT2D eigenvalue weighted by molar-refractivity contribution is 7.98. The molecule has 0 atom stereocenters. The SMILES string of the molecule is CC(C)CSCc1ccn(-c2cccc(F)c2)n1. The maximum absolute atomic E-state index is 13.1. The smallest absolute Gasteiger partial charge is 0.125 e. The average molecular weight is 264 g/mol. The Kier molecular flexibility index (Phi) is 4.42. The summed E-state index contributed by atoms with van der Waals surface area (Å²) in [5, 5.41) is 4.45. The quantitative estimate of drug-likeness (QED) is 0.815. The van der Waals surface area contributed by atoms with Crippen LogP contribution in [-0.2, 0) is 5.75 Å². The summed E-state index contributed by atoms with van der Waals surface area (Å²) in [6.45, 7) is 4.41. The van der Waals surface area contributed by atoms with Crippen LogP contribution in [0.25, 0.3) is 5.69 Å². The van der Waals surface area contributed by atoms with Gasteiger partial charge in [0.25, 0.3) is 0 Å². The fourth-order valence-corrected chi connectivity index (χ4v) is 2.55. The van der Waals surface area contributed by atoms with Gasteiger partial charge in [0.2, 0.25) is 0 Å². The van der Waals surface area contributed by atoms with Gasteiger partial charge in [0, 0.05) is 11.9 Å². The third-order valence-electron chi connectivity index (χ3n) is 2.42. The zero-order valence-electron chi connectivity index (χ0n) is 10.6. The van der Waals surface area contributed by atoms with Crippen LogP contribution in [0.15, 0.2) is 36.5 Å². The molecule has 0 saturated heterocycles. The first kappa shape index (κ1) is 13.1. The van der Waals surface area contributed by atoms with Gasteiger partial charge >= 0.3 is 0 Å². The van der Waals surface area contributed by atoms with Crippen LogP contribution >= 0.6 is 11.8 Å². The molecule has 1 aromatic heterocycles. The maximum atomic E-state index is 13.1. The van der Waals surface area contributed by atoms with E-state index in [0.717, 1.165) is 22.9 Å². The topological polar surface area (TPSA) is 17.8 Å². The van der Waals surface area contributed by atoms with Crippen LogP contribution in [0.5, 0.6) is 0 Å². The number of hydrogen-bond acceptors (Lipinski definition) is 2. The lowest BCUT2D eigenvalue weighted by Gasteiger charge is -2.03. The summed E-state index contributed by atoms with van der Waals surface area (Å²) in [6, 6.07) is 8.45.